The molecule has 0 fully saturated rings. The molecule has 0 saturated carbocycles. The van der Waals surface area contributed by atoms with E-state index in [1.165, 1.54) is 6.07 Å². The Hall–Kier alpha value is -3.12. The summed E-state index contributed by atoms with van der Waals surface area (Å²) < 4.78 is 1.78. The number of anilines is 1. The minimum absolute atomic E-state index is 0.110. The number of imidazole rings is 1. The van der Waals surface area contributed by atoms with Crippen molar-refractivity contribution >= 4 is 29.0 Å². The highest BCUT2D eigenvalue weighted by atomic mass is 35.5. The summed E-state index contributed by atoms with van der Waals surface area (Å²) in [6.07, 6.45) is 3.39. The third-order valence-corrected chi connectivity index (χ3v) is 5.02. The Morgan fingerprint density at radius 3 is 2.63 bits per heavy atom. The number of benzene rings is 2. The van der Waals surface area contributed by atoms with Crippen molar-refractivity contribution in [1.82, 2.24) is 9.55 Å². The highest BCUT2D eigenvalue weighted by molar-refractivity contribution is 6.32. The molecular weight excluding hydrogens is 366 g/mol. The van der Waals surface area contributed by atoms with Gasteiger partial charge in [0.2, 0.25) is 0 Å². The predicted molar refractivity (Wildman–Crippen MR) is 101 cm³/mol. The Balaban J connectivity index is 1.95. The van der Waals surface area contributed by atoms with Crippen LogP contribution in [0.25, 0.3) is 0 Å². The van der Waals surface area contributed by atoms with Gasteiger partial charge in [-0.1, -0.05) is 41.9 Å². The normalized spacial score (nSPS) is 18.7. The van der Waals surface area contributed by atoms with Crippen LogP contribution in [0, 0.1) is 0 Å². The molecule has 3 aromatic rings. The van der Waals surface area contributed by atoms with Crippen molar-refractivity contribution in [3.63, 3.8) is 0 Å². The van der Waals surface area contributed by atoms with Gasteiger partial charge in [-0.2, -0.15) is 0 Å². The van der Waals surface area contributed by atoms with Gasteiger partial charge in [-0.25, -0.2) is 9.78 Å². The second kappa shape index (κ2) is 6.55. The van der Waals surface area contributed by atoms with Gasteiger partial charge in [0.25, 0.3) is 0 Å². The fourth-order valence-corrected chi connectivity index (χ4v) is 3.81. The number of carbonyl (C=O) groups excluding carboxylic acids is 1. The minimum Gasteiger partial charge on any atom is -0.478 e. The average molecular weight is 382 g/mol. The fourth-order valence-electron chi connectivity index (χ4n) is 3.59. The summed E-state index contributed by atoms with van der Waals surface area (Å²) >= 11 is 6.10. The first-order valence-corrected chi connectivity index (χ1v) is 8.75. The number of aryl methyl sites for hydroxylation is 1. The SMILES string of the molecule is Cn1ccnc1C1C(=O)c2c(cc(Cl)cc2C(=O)O)NC1c1ccccc1. The van der Waals surface area contributed by atoms with E-state index in [2.05, 4.69) is 10.3 Å². The molecule has 0 amide bonds. The first-order chi connectivity index (χ1) is 13.0. The van der Waals surface area contributed by atoms with Gasteiger partial charge < -0.3 is 15.0 Å². The van der Waals surface area contributed by atoms with Crippen LogP contribution in [0.2, 0.25) is 5.02 Å². The summed E-state index contributed by atoms with van der Waals surface area (Å²) in [6.45, 7) is 0. The quantitative estimate of drug-likeness (QED) is 0.718. The van der Waals surface area contributed by atoms with Crippen molar-refractivity contribution in [2.75, 3.05) is 5.32 Å². The fraction of sp³-hybridized carbons (Fsp3) is 0.150. The summed E-state index contributed by atoms with van der Waals surface area (Å²) in [5.74, 6) is -1.58. The zero-order chi connectivity index (χ0) is 19.1. The molecule has 0 radical (unpaired) electrons. The van der Waals surface area contributed by atoms with Gasteiger partial charge in [0, 0.05) is 30.2 Å². The molecule has 2 unspecified atom stereocenters. The number of hydrogen-bond acceptors (Lipinski definition) is 4. The third-order valence-electron chi connectivity index (χ3n) is 4.80. The summed E-state index contributed by atoms with van der Waals surface area (Å²) in [7, 11) is 1.81. The molecule has 136 valence electrons. The third kappa shape index (κ3) is 2.88. The molecule has 6 nitrogen and oxygen atoms in total. The second-order valence-corrected chi connectivity index (χ2v) is 6.89. The number of carboxylic acids is 1. The number of aromatic nitrogens is 2. The van der Waals surface area contributed by atoms with Crippen molar-refractivity contribution in [3.8, 4) is 0 Å². The largest absolute Gasteiger partial charge is 0.478 e. The van der Waals surface area contributed by atoms with E-state index in [1.807, 2.05) is 37.4 Å². The maximum atomic E-state index is 13.5. The molecule has 2 atom stereocenters. The zero-order valence-electron chi connectivity index (χ0n) is 14.4. The molecule has 2 heterocycles. The molecule has 2 aromatic carbocycles. The molecular formula is C20H16ClN3O3. The summed E-state index contributed by atoms with van der Waals surface area (Å²) in [5.41, 5.74) is 1.35. The van der Waals surface area contributed by atoms with Crippen LogP contribution in [0.15, 0.2) is 54.9 Å². The van der Waals surface area contributed by atoms with Gasteiger partial charge in [0.1, 0.15) is 11.7 Å². The Labute approximate surface area is 160 Å². The molecule has 4 rings (SSSR count). The van der Waals surface area contributed by atoms with Crippen molar-refractivity contribution in [3.05, 3.63) is 82.4 Å². The standard InChI is InChI=1S/C20H16ClN3O3/c1-24-8-7-22-19(24)16-17(11-5-3-2-4-6-11)23-14-10-12(21)9-13(20(26)27)15(14)18(16)25/h2-10,16-17,23H,1H3,(H,26,27). The molecule has 0 spiro atoms. The lowest BCUT2D eigenvalue weighted by molar-refractivity contribution is 0.0690. The first kappa shape index (κ1) is 17.3. The highest BCUT2D eigenvalue weighted by Crippen LogP contribution is 2.43. The average Bonchev–Trinajstić information content (AvgIpc) is 3.06. The van der Waals surface area contributed by atoms with Crippen LogP contribution in [-0.4, -0.2) is 26.4 Å². The second-order valence-electron chi connectivity index (χ2n) is 6.45. The number of halogens is 1. The van der Waals surface area contributed by atoms with Crippen LogP contribution >= 0.6 is 11.6 Å². The minimum atomic E-state index is -1.19. The maximum absolute atomic E-state index is 13.5. The summed E-state index contributed by atoms with van der Waals surface area (Å²) in [4.78, 5) is 29.6. The number of ketones is 1. The maximum Gasteiger partial charge on any atom is 0.336 e. The number of carboxylic acid groups (broad SMARTS) is 1. The van der Waals surface area contributed by atoms with E-state index < -0.39 is 17.9 Å². The Morgan fingerprint density at radius 2 is 2.00 bits per heavy atom. The van der Waals surface area contributed by atoms with Crippen molar-refractivity contribution in [2.24, 2.45) is 7.05 Å². The van der Waals surface area contributed by atoms with Gasteiger partial charge in [-0.3, -0.25) is 4.79 Å². The van der Waals surface area contributed by atoms with Crippen molar-refractivity contribution < 1.29 is 14.7 Å². The van der Waals surface area contributed by atoms with E-state index in [1.54, 1.807) is 23.0 Å². The van der Waals surface area contributed by atoms with E-state index >= 15 is 0 Å². The lowest BCUT2D eigenvalue weighted by Gasteiger charge is -2.34. The van der Waals surface area contributed by atoms with Gasteiger partial charge in [0.15, 0.2) is 5.78 Å². The van der Waals surface area contributed by atoms with Gasteiger partial charge in [-0.15, -0.1) is 0 Å². The number of aromatic carboxylic acids is 1. The number of Topliss-reactive ketones (excluding diaryl/α,β-unsaturated/α-hetero) is 1. The lowest BCUT2D eigenvalue weighted by atomic mass is 9.80. The van der Waals surface area contributed by atoms with E-state index in [4.69, 9.17) is 11.6 Å². The van der Waals surface area contributed by atoms with E-state index in [0.717, 1.165) is 5.56 Å². The van der Waals surface area contributed by atoms with Gasteiger partial charge in [0.05, 0.1) is 17.2 Å². The topological polar surface area (TPSA) is 84.2 Å². The molecule has 7 heteroatoms. The number of hydrogen-bond donors (Lipinski definition) is 2. The molecule has 0 bridgehead atoms. The number of nitrogens with one attached hydrogen (secondary N) is 1. The van der Waals surface area contributed by atoms with Crippen LogP contribution in [0.3, 0.4) is 0 Å². The van der Waals surface area contributed by atoms with Crippen LogP contribution in [0.1, 0.15) is 44.1 Å². The molecule has 0 saturated heterocycles. The number of fused-ring (bicyclic) bond motifs is 1. The lowest BCUT2D eigenvalue weighted by Crippen LogP contribution is -2.34. The summed E-state index contributed by atoms with van der Waals surface area (Å²) in [6, 6.07) is 12.0. The molecule has 1 aliphatic heterocycles. The highest BCUT2D eigenvalue weighted by Gasteiger charge is 2.41. The molecule has 1 aromatic heterocycles. The van der Waals surface area contributed by atoms with Crippen LogP contribution in [0.4, 0.5) is 5.69 Å². The van der Waals surface area contributed by atoms with E-state index in [-0.39, 0.29) is 21.9 Å². The Bertz CT molecular complexity index is 1050. The zero-order valence-corrected chi connectivity index (χ0v) is 15.1. The molecule has 27 heavy (non-hydrogen) atoms. The number of carbonyl (C=O) groups is 2. The Kier molecular flexibility index (Phi) is 4.20. The predicted octanol–water partition coefficient (Wildman–Crippen LogP) is 3.91. The summed E-state index contributed by atoms with van der Waals surface area (Å²) in [5, 5.41) is 13.2. The molecule has 1 aliphatic rings. The van der Waals surface area contributed by atoms with Crippen LogP contribution < -0.4 is 5.32 Å². The number of rotatable bonds is 3. The molecule has 2 N–H and O–H groups in total. The van der Waals surface area contributed by atoms with Gasteiger partial charge in [-0.05, 0) is 17.7 Å². The van der Waals surface area contributed by atoms with Crippen molar-refractivity contribution in [1.29, 1.82) is 0 Å². The van der Waals surface area contributed by atoms with E-state index in [9.17, 15) is 14.7 Å². The monoisotopic (exact) mass is 381 g/mol. The number of nitrogens with zero attached hydrogens (tertiary/aromatic N) is 2. The van der Waals surface area contributed by atoms with Gasteiger partial charge >= 0.3 is 5.97 Å². The van der Waals surface area contributed by atoms with Crippen molar-refractivity contribution in [2.45, 2.75) is 12.0 Å². The van der Waals surface area contributed by atoms with Crippen LogP contribution in [-0.2, 0) is 7.05 Å². The van der Waals surface area contributed by atoms with E-state index in [0.29, 0.717) is 11.5 Å². The molecule has 0 aliphatic carbocycles. The van der Waals surface area contributed by atoms with Crippen LogP contribution in [0.5, 0.6) is 0 Å². The first-order valence-electron chi connectivity index (χ1n) is 8.37. The Morgan fingerprint density at radius 1 is 1.26 bits per heavy atom. The smallest absolute Gasteiger partial charge is 0.336 e.